The Balaban J connectivity index is 1.72. The summed E-state index contributed by atoms with van der Waals surface area (Å²) in [7, 11) is 2.65. The summed E-state index contributed by atoms with van der Waals surface area (Å²) in [6.45, 7) is 5.59. The maximum atomic E-state index is 12.8. The van der Waals surface area contributed by atoms with E-state index in [4.69, 9.17) is 26.1 Å². The lowest BCUT2D eigenvalue weighted by Crippen LogP contribution is -2.32. The number of thiazole rings is 1. The molecule has 1 aromatic heterocycles. The van der Waals surface area contributed by atoms with Crippen molar-refractivity contribution in [2.24, 2.45) is 0 Å². The van der Waals surface area contributed by atoms with Crippen molar-refractivity contribution in [3.05, 3.63) is 86.5 Å². The van der Waals surface area contributed by atoms with Gasteiger partial charge in [-0.15, -0.1) is 11.3 Å². The molecule has 9 heteroatoms. The summed E-state index contributed by atoms with van der Waals surface area (Å²) in [6, 6.07) is 15.1. The predicted octanol–water partition coefficient (Wildman–Crippen LogP) is 6.10. The number of nitrogens with zero attached hydrogens (tertiary/aromatic N) is 1. The third-order valence-electron chi connectivity index (χ3n) is 5.96. The number of hydrogen-bond donors (Lipinski definition) is 2. The molecule has 3 aromatic rings. The Bertz CT molecular complexity index is 1350. The first kappa shape index (κ1) is 25.5. The molecule has 0 fully saturated rings. The van der Waals surface area contributed by atoms with E-state index < -0.39 is 17.9 Å². The molecule has 2 heterocycles. The first-order valence-corrected chi connectivity index (χ1v) is 12.4. The van der Waals surface area contributed by atoms with Crippen molar-refractivity contribution in [2.75, 3.05) is 19.5 Å². The summed E-state index contributed by atoms with van der Waals surface area (Å²) in [6.07, 6.45) is 0. The van der Waals surface area contributed by atoms with Gasteiger partial charge in [-0.25, -0.2) is 14.6 Å². The number of methoxy groups -OCH3 is 2. The molecule has 0 atom stereocenters. The number of anilines is 2. The number of halogens is 1. The van der Waals surface area contributed by atoms with E-state index in [-0.39, 0.29) is 0 Å². The largest absolute Gasteiger partial charge is 0.466 e. The highest BCUT2D eigenvalue weighted by molar-refractivity contribution is 7.16. The number of aromatic nitrogens is 1. The van der Waals surface area contributed by atoms with E-state index in [0.717, 1.165) is 32.5 Å². The van der Waals surface area contributed by atoms with Crippen LogP contribution < -0.4 is 10.6 Å². The minimum Gasteiger partial charge on any atom is -0.466 e. The van der Waals surface area contributed by atoms with Crippen molar-refractivity contribution in [2.45, 2.75) is 26.7 Å². The van der Waals surface area contributed by atoms with Crippen LogP contribution in [0, 0.1) is 6.92 Å². The van der Waals surface area contributed by atoms with Crippen LogP contribution in [-0.4, -0.2) is 31.1 Å². The molecule has 0 bridgehead atoms. The van der Waals surface area contributed by atoms with Crippen LogP contribution in [0.3, 0.4) is 0 Å². The average molecular weight is 524 g/mol. The van der Waals surface area contributed by atoms with E-state index >= 15 is 0 Å². The maximum Gasteiger partial charge on any atom is 0.336 e. The zero-order chi connectivity index (χ0) is 26.0. The first-order chi connectivity index (χ1) is 17.2. The molecular formula is C27H26ClN3O4S. The van der Waals surface area contributed by atoms with Crippen LogP contribution in [0.15, 0.2) is 71.1 Å². The normalized spacial score (nSPS) is 13.9. The van der Waals surface area contributed by atoms with Crippen LogP contribution in [0.1, 0.15) is 30.2 Å². The fourth-order valence-electron chi connectivity index (χ4n) is 4.33. The van der Waals surface area contributed by atoms with Gasteiger partial charge in [0.05, 0.1) is 37.0 Å². The molecule has 0 spiro atoms. The van der Waals surface area contributed by atoms with Gasteiger partial charge in [0.2, 0.25) is 0 Å². The van der Waals surface area contributed by atoms with Gasteiger partial charge < -0.3 is 20.1 Å². The Morgan fingerprint density at radius 2 is 1.58 bits per heavy atom. The number of rotatable bonds is 6. The topological polar surface area (TPSA) is 89.5 Å². The molecule has 36 heavy (non-hydrogen) atoms. The monoisotopic (exact) mass is 523 g/mol. The van der Waals surface area contributed by atoms with Gasteiger partial charge in [0.15, 0.2) is 5.13 Å². The molecule has 1 aliphatic heterocycles. The number of hydrogen-bond acceptors (Lipinski definition) is 8. The zero-order valence-corrected chi connectivity index (χ0v) is 22.1. The second-order valence-electron chi connectivity index (χ2n) is 8.30. The molecule has 0 amide bonds. The van der Waals surface area contributed by atoms with Gasteiger partial charge in [-0.3, -0.25) is 0 Å². The second kappa shape index (κ2) is 10.6. The Kier molecular flexibility index (Phi) is 7.47. The van der Waals surface area contributed by atoms with Gasteiger partial charge in [0, 0.05) is 32.5 Å². The summed E-state index contributed by atoms with van der Waals surface area (Å²) in [5, 5.41) is 7.88. The molecule has 1 aliphatic rings. The molecule has 0 saturated heterocycles. The summed E-state index contributed by atoms with van der Waals surface area (Å²) in [5.41, 5.74) is 5.34. The number of carbonyl (C=O) groups is 2. The molecule has 0 saturated carbocycles. The third kappa shape index (κ3) is 5.01. The molecule has 2 N–H and O–H groups in total. The highest BCUT2D eigenvalue weighted by Crippen LogP contribution is 2.40. The van der Waals surface area contributed by atoms with Crippen LogP contribution in [0.25, 0.3) is 11.3 Å². The van der Waals surface area contributed by atoms with Crippen molar-refractivity contribution >= 4 is 45.7 Å². The van der Waals surface area contributed by atoms with E-state index in [1.54, 1.807) is 13.8 Å². The van der Waals surface area contributed by atoms with Gasteiger partial charge >= 0.3 is 11.9 Å². The average Bonchev–Trinajstić information content (AvgIpc) is 3.22. The summed E-state index contributed by atoms with van der Waals surface area (Å²) >= 11 is 7.56. The van der Waals surface area contributed by atoms with Crippen LogP contribution >= 0.6 is 22.9 Å². The number of allylic oxidation sites excluding steroid dienone is 2. The Morgan fingerprint density at radius 1 is 0.972 bits per heavy atom. The van der Waals surface area contributed by atoms with Crippen LogP contribution in [0.4, 0.5) is 10.8 Å². The van der Waals surface area contributed by atoms with E-state index in [1.807, 2.05) is 55.5 Å². The number of carbonyl (C=O) groups excluding carboxylic acids is 2. The minimum atomic E-state index is -0.657. The molecule has 2 aromatic carbocycles. The quantitative estimate of drug-likeness (QED) is 0.377. The predicted molar refractivity (Wildman–Crippen MR) is 142 cm³/mol. The molecule has 7 nitrogen and oxygen atoms in total. The smallest absolute Gasteiger partial charge is 0.336 e. The molecule has 0 aliphatic carbocycles. The van der Waals surface area contributed by atoms with Crippen molar-refractivity contribution in [1.29, 1.82) is 0 Å². The highest BCUT2D eigenvalue weighted by Gasteiger charge is 2.37. The molecule has 0 radical (unpaired) electrons. The first-order valence-electron chi connectivity index (χ1n) is 11.2. The third-order valence-corrected chi connectivity index (χ3v) is 7.09. The van der Waals surface area contributed by atoms with Gasteiger partial charge in [-0.2, -0.15) is 0 Å². The lowest BCUT2D eigenvalue weighted by Gasteiger charge is -2.30. The highest BCUT2D eigenvalue weighted by atomic mass is 35.5. The molecule has 186 valence electrons. The van der Waals surface area contributed by atoms with Crippen molar-refractivity contribution in [3.63, 3.8) is 0 Å². The lowest BCUT2D eigenvalue weighted by molar-refractivity contribution is -0.137. The minimum absolute atomic E-state index is 0.357. The standard InChI is InChI=1S/C27H26ClN3O4S/c1-14-21(25(32)34-4)23(22(15(2)29-14)26(33)35-5)18-7-6-8-20(13-18)30-27-31-24(16(3)36-27)17-9-11-19(28)12-10-17/h6-13,23,29H,1-5H3,(H,30,31). The van der Waals surface area contributed by atoms with E-state index in [9.17, 15) is 9.59 Å². The summed E-state index contributed by atoms with van der Waals surface area (Å²) < 4.78 is 10.1. The Hall–Kier alpha value is -3.62. The van der Waals surface area contributed by atoms with Crippen LogP contribution in [0.5, 0.6) is 0 Å². The van der Waals surface area contributed by atoms with Gasteiger partial charge in [-0.05, 0) is 50.6 Å². The number of dihydropyridines is 1. The molecule has 0 unspecified atom stereocenters. The number of esters is 2. The maximum absolute atomic E-state index is 12.8. The SMILES string of the molecule is COC(=O)C1=C(C)NC(C)=C(C(=O)OC)C1c1cccc(Nc2nc(-c3ccc(Cl)cc3)c(C)s2)c1. The van der Waals surface area contributed by atoms with Crippen molar-refractivity contribution in [3.8, 4) is 11.3 Å². The van der Waals surface area contributed by atoms with Crippen LogP contribution in [-0.2, 0) is 19.1 Å². The van der Waals surface area contributed by atoms with Crippen molar-refractivity contribution in [1.82, 2.24) is 10.3 Å². The fraction of sp³-hybridized carbons (Fsp3) is 0.222. The Labute approximate surface area is 218 Å². The lowest BCUT2D eigenvalue weighted by atomic mass is 9.80. The van der Waals surface area contributed by atoms with Crippen LogP contribution in [0.2, 0.25) is 5.02 Å². The van der Waals surface area contributed by atoms with Crippen molar-refractivity contribution < 1.29 is 19.1 Å². The van der Waals surface area contributed by atoms with Gasteiger partial charge in [0.1, 0.15) is 0 Å². The number of nitrogens with one attached hydrogen (secondary N) is 2. The van der Waals surface area contributed by atoms with E-state index in [1.165, 1.54) is 25.6 Å². The second-order valence-corrected chi connectivity index (χ2v) is 9.94. The van der Waals surface area contributed by atoms with E-state index in [2.05, 4.69) is 10.6 Å². The zero-order valence-electron chi connectivity index (χ0n) is 20.6. The van der Waals surface area contributed by atoms with Gasteiger partial charge in [0.25, 0.3) is 0 Å². The Morgan fingerprint density at radius 3 is 2.17 bits per heavy atom. The van der Waals surface area contributed by atoms with Gasteiger partial charge in [-0.1, -0.05) is 35.9 Å². The number of aryl methyl sites for hydroxylation is 1. The molecular weight excluding hydrogens is 498 g/mol. The summed E-state index contributed by atoms with van der Waals surface area (Å²) in [4.78, 5) is 31.4. The fourth-order valence-corrected chi connectivity index (χ4v) is 5.32. The molecule has 4 rings (SSSR count). The number of ether oxygens (including phenoxy) is 2. The summed E-state index contributed by atoms with van der Waals surface area (Å²) in [5.74, 6) is -1.68. The van der Waals surface area contributed by atoms with E-state index in [0.29, 0.717) is 27.6 Å². The number of benzene rings is 2.